The summed E-state index contributed by atoms with van der Waals surface area (Å²) in [6.07, 6.45) is 0.450. The van der Waals surface area contributed by atoms with Crippen LogP contribution in [-0.2, 0) is 14.3 Å². The molecule has 0 aromatic rings. The van der Waals surface area contributed by atoms with E-state index >= 15 is 0 Å². The van der Waals surface area contributed by atoms with E-state index in [4.69, 9.17) is 14.3 Å². The molecular weight excluding hydrogens is 214 g/mol. The molecule has 0 saturated carbocycles. The first-order valence-corrected chi connectivity index (χ1v) is 4.27. The standard InChI is InChI=1S/C6H8BrNO3/c7-5-3-4(11-8-5)6-9-1-2-10-6/h4,6H,1-3H2. The first kappa shape index (κ1) is 7.52. The third-order valence-electron chi connectivity index (χ3n) is 1.61. The van der Waals surface area contributed by atoms with Crippen molar-refractivity contribution in [2.24, 2.45) is 5.16 Å². The zero-order valence-electron chi connectivity index (χ0n) is 5.83. The summed E-state index contributed by atoms with van der Waals surface area (Å²) in [5.41, 5.74) is 0. The van der Waals surface area contributed by atoms with Crippen molar-refractivity contribution in [1.29, 1.82) is 0 Å². The second-order valence-electron chi connectivity index (χ2n) is 2.43. The van der Waals surface area contributed by atoms with Crippen molar-refractivity contribution in [3.8, 4) is 0 Å². The smallest absolute Gasteiger partial charge is 0.197 e. The Balaban J connectivity index is 1.88. The normalized spacial score (nSPS) is 32.1. The number of hydrogen-bond donors (Lipinski definition) is 0. The molecule has 0 aliphatic carbocycles. The largest absolute Gasteiger partial charge is 0.386 e. The van der Waals surface area contributed by atoms with Gasteiger partial charge in [-0.25, -0.2) is 0 Å². The molecule has 1 unspecified atom stereocenters. The summed E-state index contributed by atoms with van der Waals surface area (Å²) in [6.45, 7) is 1.31. The molecule has 0 spiro atoms. The fourth-order valence-electron chi connectivity index (χ4n) is 1.10. The van der Waals surface area contributed by atoms with E-state index in [-0.39, 0.29) is 12.4 Å². The summed E-state index contributed by atoms with van der Waals surface area (Å²) in [6, 6.07) is 0. The van der Waals surface area contributed by atoms with E-state index in [0.29, 0.717) is 13.2 Å². The molecule has 1 saturated heterocycles. The molecule has 0 bridgehead atoms. The Morgan fingerprint density at radius 1 is 1.36 bits per heavy atom. The van der Waals surface area contributed by atoms with E-state index in [2.05, 4.69) is 21.1 Å². The highest BCUT2D eigenvalue weighted by Gasteiger charge is 2.32. The van der Waals surface area contributed by atoms with Crippen molar-refractivity contribution in [2.75, 3.05) is 13.2 Å². The van der Waals surface area contributed by atoms with E-state index in [1.54, 1.807) is 0 Å². The van der Waals surface area contributed by atoms with Gasteiger partial charge in [-0.05, 0) is 15.9 Å². The Hall–Kier alpha value is -0.130. The van der Waals surface area contributed by atoms with Gasteiger partial charge in [0, 0.05) is 6.42 Å². The van der Waals surface area contributed by atoms with Crippen LogP contribution >= 0.6 is 15.9 Å². The molecule has 0 aromatic heterocycles. The van der Waals surface area contributed by atoms with Crippen LogP contribution in [0.15, 0.2) is 5.16 Å². The zero-order chi connectivity index (χ0) is 7.68. The minimum Gasteiger partial charge on any atom is -0.386 e. The van der Waals surface area contributed by atoms with Gasteiger partial charge in [0.1, 0.15) is 4.62 Å². The van der Waals surface area contributed by atoms with Crippen molar-refractivity contribution in [2.45, 2.75) is 18.8 Å². The summed E-state index contributed by atoms with van der Waals surface area (Å²) in [7, 11) is 0. The van der Waals surface area contributed by atoms with Gasteiger partial charge in [0.15, 0.2) is 12.4 Å². The second kappa shape index (κ2) is 3.08. The van der Waals surface area contributed by atoms with Gasteiger partial charge in [-0.1, -0.05) is 5.16 Å². The highest BCUT2D eigenvalue weighted by Crippen LogP contribution is 2.21. The Labute approximate surface area is 72.6 Å². The van der Waals surface area contributed by atoms with Crippen molar-refractivity contribution < 1.29 is 14.3 Å². The summed E-state index contributed by atoms with van der Waals surface area (Å²) >= 11 is 3.24. The molecule has 1 fully saturated rings. The fraction of sp³-hybridized carbons (Fsp3) is 0.833. The molecule has 2 rings (SSSR count). The Kier molecular flexibility index (Phi) is 2.11. The average Bonchev–Trinajstić information content (AvgIpc) is 2.55. The number of oxime groups is 1. The van der Waals surface area contributed by atoms with Crippen LogP contribution in [0.5, 0.6) is 0 Å². The number of nitrogens with zero attached hydrogens (tertiary/aromatic N) is 1. The topological polar surface area (TPSA) is 40.0 Å². The maximum Gasteiger partial charge on any atom is 0.197 e. The molecule has 2 aliphatic heterocycles. The molecule has 4 nitrogen and oxygen atoms in total. The van der Waals surface area contributed by atoms with Gasteiger partial charge < -0.3 is 14.3 Å². The predicted molar refractivity (Wildman–Crippen MR) is 41.5 cm³/mol. The lowest BCUT2D eigenvalue weighted by molar-refractivity contribution is -0.132. The highest BCUT2D eigenvalue weighted by atomic mass is 79.9. The van der Waals surface area contributed by atoms with Crippen LogP contribution in [0.2, 0.25) is 0 Å². The summed E-state index contributed by atoms with van der Waals surface area (Å²) in [4.78, 5) is 5.04. The predicted octanol–water partition coefficient (Wildman–Crippen LogP) is 0.857. The minimum atomic E-state index is -0.228. The average molecular weight is 222 g/mol. The van der Waals surface area contributed by atoms with E-state index in [1.165, 1.54) is 0 Å². The van der Waals surface area contributed by atoms with Crippen LogP contribution < -0.4 is 0 Å². The lowest BCUT2D eigenvalue weighted by Gasteiger charge is -2.13. The quantitative estimate of drug-likeness (QED) is 0.660. The first-order chi connectivity index (χ1) is 5.36. The van der Waals surface area contributed by atoms with Gasteiger partial charge in [-0.2, -0.15) is 0 Å². The van der Waals surface area contributed by atoms with E-state index in [0.717, 1.165) is 11.0 Å². The molecule has 0 amide bonds. The highest BCUT2D eigenvalue weighted by molar-refractivity contribution is 9.18. The van der Waals surface area contributed by atoms with E-state index < -0.39 is 0 Å². The van der Waals surface area contributed by atoms with Gasteiger partial charge >= 0.3 is 0 Å². The molecular formula is C6H8BrNO3. The van der Waals surface area contributed by atoms with Gasteiger partial charge in [0.25, 0.3) is 0 Å². The third kappa shape index (κ3) is 1.55. The first-order valence-electron chi connectivity index (χ1n) is 3.47. The monoisotopic (exact) mass is 221 g/mol. The van der Waals surface area contributed by atoms with Crippen LogP contribution in [0.4, 0.5) is 0 Å². The number of hydrogen-bond acceptors (Lipinski definition) is 4. The zero-order valence-corrected chi connectivity index (χ0v) is 7.41. The summed E-state index contributed by atoms with van der Waals surface area (Å²) in [5, 5.41) is 3.74. The van der Waals surface area contributed by atoms with Gasteiger partial charge in [-0.3, -0.25) is 0 Å². The lowest BCUT2D eigenvalue weighted by Crippen LogP contribution is -2.26. The number of halogens is 1. The SMILES string of the molecule is BrC1=NOC(C2OCCO2)C1. The maximum atomic E-state index is 5.24. The third-order valence-corrected chi connectivity index (χ3v) is 2.08. The van der Waals surface area contributed by atoms with Crippen molar-refractivity contribution in [3.05, 3.63) is 0 Å². The number of ether oxygens (including phenoxy) is 2. The molecule has 1 atom stereocenters. The van der Waals surface area contributed by atoms with Gasteiger partial charge in [0.2, 0.25) is 0 Å². The Morgan fingerprint density at radius 2 is 2.09 bits per heavy atom. The lowest BCUT2D eigenvalue weighted by atomic mass is 10.3. The molecule has 0 radical (unpaired) electrons. The van der Waals surface area contributed by atoms with Crippen LogP contribution in [0, 0.1) is 0 Å². The summed E-state index contributed by atoms with van der Waals surface area (Å²) in [5.74, 6) is 0. The van der Waals surface area contributed by atoms with E-state index in [1.807, 2.05) is 0 Å². The molecule has 0 aromatic carbocycles. The Morgan fingerprint density at radius 3 is 2.64 bits per heavy atom. The van der Waals surface area contributed by atoms with Crippen LogP contribution in [0.25, 0.3) is 0 Å². The second-order valence-corrected chi connectivity index (χ2v) is 3.34. The molecule has 2 heterocycles. The van der Waals surface area contributed by atoms with Crippen molar-refractivity contribution >= 4 is 20.6 Å². The fourth-order valence-corrected chi connectivity index (χ4v) is 1.51. The maximum absolute atomic E-state index is 5.24. The number of rotatable bonds is 1. The van der Waals surface area contributed by atoms with Gasteiger partial charge in [-0.15, -0.1) is 0 Å². The molecule has 62 valence electrons. The Bertz CT molecular complexity index is 179. The van der Waals surface area contributed by atoms with Crippen LogP contribution in [0.1, 0.15) is 6.42 Å². The molecule has 2 aliphatic rings. The minimum absolute atomic E-state index is 0.0631. The van der Waals surface area contributed by atoms with Crippen molar-refractivity contribution in [1.82, 2.24) is 0 Å². The van der Waals surface area contributed by atoms with Crippen LogP contribution in [0.3, 0.4) is 0 Å². The van der Waals surface area contributed by atoms with E-state index in [9.17, 15) is 0 Å². The van der Waals surface area contributed by atoms with Crippen molar-refractivity contribution in [3.63, 3.8) is 0 Å². The van der Waals surface area contributed by atoms with Gasteiger partial charge in [0.05, 0.1) is 13.2 Å². The molecule has 5 heteroatoms. The van der Waals surface area contributed by atoms with Crippen LogP contribution in [-0.4, -0.2) is 30.2 Å². The molecule has 0 N–H and O–H groups in total. The molecule has 11 heavy (non-hydrogen) atoms. The summed E-state index contributed by atoms with van der Waals surface area (Å²) < 4.78 is 11.3.